The third-order valence-corrected chi connectivity index (χ3v) is 3.64. The van der Waals surface area contributed by atoms with Crippen LogP contribution in [0.1, 0.15) is 49.1 Å². The second-order valence-corrected chi connectivity index (χ2v) is 4.90. The molecule has 1 aromatic rings. The van der Waals surface area contributed by atoms with Crippen molar-refractivity contribution in [3.05, 3.63) is 35.4 Å². The van der Waals surface area contributed by atoms with Gasteiger partial charge in [-0.2, -0.15) is 0 Å². The smallest absolute Gasteiger partial charge is 0.0226 e. The summed E-state index contributed by atoms with van der Waals surface area (Å²) in [4.78, 5) is 0. The maximum absolute atomic E-state index is 5.72. The van der Waals surface area contributed by atoms with Gasteiger partial charge in [-0.25, -0.2) is 0 Å². The Balaban J connectivity index is 2.04. The van der Waals surface area contributed by atoms with E-state index in [9.17, 15) is 0 Å². The highest BCUT2D eigenvalue weighted by Gasteiger charge is 2.16. The molecule has 0 aromatic heterocycles. The molecule has 1 heteroatoms. The molecule has 0 nitrogen and oxygen atoms in total. The second-order valence-electron chi connectivity index (χ2n) is 4.52. The molecule has 0 unspecified atom stereocenters. The van der Waals surface area contributed by atoms with Crippen LogP contribution in [0.2, 0.25) is 0 Å². The average Bonchev–Trinajstić information content (AvgIpc) is 2.80. The third kappa shape index (κ3) is 2.98. The van der Waals surface area contributed by atoms with Gasteiger partial charge in [0.25, 0.3) is 0 Å². The molecule has 0 spiro atoms. The minimum Gasteiger partial charge on any atom is -0.127 e. The first-order valence-electron chi connectivity index (χ1n) is 6.05. The van der Waals surface area contributed by atoms with Gasteiger partial charge in [0.05, 0.1) is 0 Å². The highest BCUT2D eigenvalue weighted by Crippen LogP contribution is 2.34. The minimum atomic E-state index is 0.771. The van der Waals surface area contributed by atoms with Gasteiger partial charge in [-0.05, 0) is 42.7 Å². The Morgan fingerprint density at radius 1 is 1.20 bits per heavy atom. The predicted octanol–water partition coefficient (Wildman–Crippen LogP) is 4.52. The number of rotatable bonds is 4. The van der Waals surface area contributed by atoms with Crippen molar-refractivity contribution in [3.63, 3.8) is 0 Å². The van der Waals surface area contributed by atoms with Crippen LogP contribution in [0.25, 0.3) is 0 Å². The second kappa shape index (κ2) is 5.55. The van der Waals surface area contributed by atoms with Gasteiger partial charge in [-0.15, -0.1) is 11.6 Å². The summed E-state index contributed by atoms with van der Waals surface area (Å²) in [5.41, 5.74) is 3.01. The van der Waals surface area contributed by atoms with Crippen molar-refractivity contribution in [2.75, 3.05) is 5.88 Å². The van der Waals surface area contributed by atoms with Crippen molar-refractivity contribution in [3.8, 4) is 0 Å². The summed E-state index contributed by atoms with van der Waals surface area (Å²) in [5, 5.41) is 0. The molecule has 1 aliphatic rings. The predicted molar refractivity (Wildman–Crippen MR) is 66.7 cm³/mol. The lowest BCUT2D eigenvalue weighted by Gasteiger charge is -2.10. The number of alkyl halides is 1. The van der Waals surface area contributed by atoms with Crippen molar-refractivity contribution < 1.29 is 0 Å². The number of benzene rings is 1. The number of hydrogen-bond acceptors (Lipinski definition) is 0. The molecule has 0 heterocycles. The Morgan fingerprint density at radius 2 is 2.00 bits per heavy atom. The molecule has 1 saturated carbocycles. The van der Waals surface area contributed by atoms with Gasteiger partial charge in [0.1, 0.15) is 0 Å². The summed E-state index contributed by atoms with van der Waals surface area (Å²) in [6, 6.07) is 9.12. The molecule has 0 radical (unpaired) electrons. The minimum absolute atomic E-state index is 0.771. The van der Waals surface area contributed by atoms with Crippen LogP contribution in [0.15, 0.2) is 24.3 Å². The summed E-state index contributed by atoms with van der Waals surface area (Å²) < 4.78 is 0. The van der Waals surface area contributed by atoms with E-state index in [0.29, 0.717) is 0 Å². The quantitative estimate of drug-likeness (QED) is 0.658. The first-order valence-corrected chi connectivity index (χ1v) is 6.58. The molecule has 0 amide bonds. The van der Waals surface area contributed by atoms with Crippen LogP contribution in [0.5, 0.6) is 0 Å². The number of hydrogen-bond donors (Lipinski definition) is 0. The topological polar surface area (TPSA) is 0 Å². The number of aryl methyl sites for hydroxylation is 1. The molecule has 0 saturated heterocycles. The van der Waals surface area contributed by atoms with Crippen LogP contribution in [0, 0.1) is 0 Å². The fourth-order valence-electron chi connectivity index (χ4n) is 2.53. The SMILES string of the molecule is ClCCCc1cccc(C2CCCC2)c1. The van der Waals surface area contributed by atoms with E-state index in [1.807, 2.05) is 0 Å². The monoisotopic (exact) mass is 222 g/mol. The van der Waals surface area contributed by atoms with Crippen molar-refractivity contribution in [2.45, 2.75) is 44.4 Å². The summed E-state index contributed by atoms with van der Waals surface area (Å²) in [6.45, 7) is 0. The largest absolute Gasteiger partial charge is 0.127 e. The van der Waals surface area contributed by atoms with E-state index in [1.54, 1.807) is 5.56 Å². The van der Waals surface area contributed by atoms with Crippen LogP contribution in [-0.4, -0.2) is 5.88 Å². The zero-order valence-electron chi connectivity index (χ0n) is 9.21. The van der Waals surface area contributed by atoms with Gasteiger partial charge in [0.2, 0.25) is 0 Å². The van der Waals surface area contributed by atoms with Gasteiger partial charge in [-0.3, -0.25) is 0 Å². The zero-order valence-corrected chi connectivity index (χ0v) is 9.97. The van der Waals surface area contributed by atoms with Gasteiger partial charge in [0, 0.05) is 5.88 Å². The molecule has 1 aliphatic carbocycles. The van der Waals surface area contributed by atoms with E-state index in [0.717, 1.165) is 24.6 Å². The van der Waals surface area contributed by atoms with Crippen LogP contribution in [0.4, 0.5) is 0 Å². The lowest BCUT2D eigenvalue weighted by atomic mass is 9.95. The van der Waals surface area contributed by atoms with E-state index >= 15 is 0 Å². The van der Waals surface area contributed by atoms with Gasteiger partial charge < -0.3 is 0 Å². The van der Waals surface area contributed by atoms with E-state index in [-0.39, 0.29) is 0 Å². The molecule has 0 N–H and O–H groups in total. The Morgan fingerprint density at radius 3 is 2.73 bits per heavy atom. The maximum atomic E-state index is 5.72. The first-order chi connectivity index (χ1) is 7.40. The fourth-order valence-corrected chi connectivity index (χ4v) is 2.67. The van der Waals surface area contributed by atoms with Crippen LogP contribution in [0.3, 0.4) is 0 Å². The van der Waals surface area contributed by atoms with E-state index < -0.39 is 0 Å². The highest BCUT2D eigenvalue weighted by atomic mass is 35.5. The third-order valence-electron chi connectivity index (χ3n) is 3.38. The summed E-state index contributed by atoms with van der Waals surface area (Å²) in [6.07, 6.45) is 7.82. The lowest BCUT2D eigenvalue weighted by Crippen LogP contribution is -1.94. The van der Waals surface area contributed by atoms with E-state index in [4.69, 9.17) is 11.6 Å². The van der Waals surface area contributed by atoms with Crippen LogP contribution < -0.4 is 0 Å². The molecular weight excluding hydrogens is 204 g/mol. The van der Waals surface area contributed by atoms with Crippen LogP contribution >= 0.6 is 11.6 Å². The maximum Gasteiger partial charge on any atom is 0.0226 e. The van der Waals surface area contributed by atoms with E-state index in [2.05, 4.69) is 24.3 Å². The van der Waals surface area contributed by atoms with Crippen molar-refractivity contribution >= 4 is 11.6 Å². The lowest BCUT2D eigenvalue weighted by molar-refractivity contribution is 0.721. The molecule has 2 rings (SSSR count). The van der Waals surface area contributed by atoms with Crippen LogP contribution in [-0.2, 0) is 6.42 Å². The Kier molecular flexibility index (Phi) is 4.08. The first kappa shape index (κ1) is 11.0. The summed E-state index contributed by atoms with van der Waals surface area (Å²) in [5.74, 6) is 1.61. The Labute approximate surface area is 97.6 Å². The standard InChI is InChI=1S/C14H19Cl/c15-10-4-6-12-5-3-9-14(11-12)13-7-1-2-8-13/h3,5,9,11,13H,1-2,4,6-8,10H2. The van der Waals surface area contributed by atoms with E-state index in [1.165, 1.54) is 31.2 Å². The molecule has 15 heavy (non-hydrogen) atoms. The molecular formula is C14H19Cl. The zero-order chi connectivity index (χ0) is 10.5. The van der Waals surface area contributed by atoms with Crippen molar-refractivity contribution in [1.29, 1.82) is 0 Å². The highest BCUT2D eigenvalue weighted by molar-refractivity contribution is 6.17. The molecule has 82 valence electrons. The van der Waals surface area contributed by atoms with Crippen molar-refractivity contribution in [1.82, 2.24) is 0 Å². The number of halogens is 1. The van der Waals surface area contributed by atoms with Crippen molar-refractivity contribution in [2.24, 2.45) is 0 Å². The summed E-state index contributed by atoms with van der Waals surface area (Å²) in [7, 11) is 0. The molecule has 1 fully saturated rings. The average molecular weight is 223 g/mol. The molecule has 1 aromatic carbocycles. The molecule has 0 bridgehead atoms. The Hall–Kier alpha value is -0.490. The summed E-state index contributed by atoms with van der Waals surface area (Å²) >= 11 is 5.72. The Bertz CT molecular complexity index is 300. The normalized spacial score (nSPS) is 17.1. The molecule has 0 atom stereocenters. The van der Waals surface area contributed by atoms with Gasteiger partial charge in [0.15, 0.2) is 0 Å². The van der Waals surface area contributed by atoms with Gasteiger partial charge >= 0.3 is 0 Å². The van der Waals surface area contributed by atoms with Gasteiger partial charge in [-0.1, -0.05) is 37.1 Å². The fraction of sp³-hybridized carbons (Fsp3) is 0.571. The molecule has 0 aliphatic heterocycles.